The number of hydrogen-bond donors (Lipinski definition) is 1. The van der Waals surface area contributed by atoms with Crippen molar-refractivity contribution in [2.75, 3.05) is 18.7 Å². The van der Waals surface area contributed by atoms with E-state index >= 15 is 0 Å². The van der Waals surface area contributed by atoms with Gasteiger partial charge in [0.1, 0.15) is 10.6 Å². The summed E-state index contributed by atoms with van der Waals surface area (Å²) in [6.45, 7) is 1.82. The molecule has 1 atom stereocenters. The average molecular weight is 341 g/mol. The van der Waals surface area contributed by atoms with Crippen LogP contribution in [0.4, 0.5) is 14.5 Å². The minimum Gasteiger partial charge on any atom is -0.495 e. The number of hydrogen-bond acceptors (Lipinski definition) is 4. The van der Waals surface area contributed by atoms with E-state index in [9.17, 15) is 17.2 Å². The predicted octanol–water partition coefficient (Wildman–Crippen LogP) is 3.55. The van der Waals surface area contributed by atoms with Crippen LogP contribution in [-0.2, 0) is 9.84 Å². The Labute approximate surface area is 134 Å². The standard InChI is InChI=1S/C16H17F2NO3S/c1-10(19-12-5-6-13(17)14(18)9-12)11-4-7-16(23(3,20)21)15(8-11)22-2/h4-10,19H,1-3H3/t10-/m0/s1. The van der Waals surface area contributed by atoms with Gasteiger partial charge >= 0.3 is 0 Å². The molecule has 0 saturated carbocycles. The van der Waals surface area contributed by atoms with Crippen LogP contribution in [-0.4, -0.2) is 21.8 Å². The molecule has 0 spiro atoms. The van der Waals surface area contributed by atoms with Gasteiger partial charge in [-0.2, -0.15) is 0 Å². The molecule has 0 saturated heterocycles. The van der Waals surface area contributed by atoms with Crippen molar-refractivity contribution in [3.8, 4) is 5.75 Å². The first-order valence-electron chi connectivity index (χ1n) is 6.82. The molecule has 7 heteroatoms. The van der Waals surface area contributed by atoms with Gasteiger partial charge in [-0.05, 0) is 36.8 Å². The lowest BCUT2D eigenvalue weighted by Crippen LogP contribution is -2.08. The van der Waals surface area contributed by atoms with E-state index < -0.39 is 21.5 Å². The summed E-state index contributed by atoms with van der Waals surface area (Å²) in [5.41, 5.74) is 1.17. The van der Waals surface area contributed by atoms with Crippen molar-refractivity contribution >= 4 is 15.5 Å². The van der Waals surface area contributed by atoms with E-state index in [4.69, 9.17) is 4.74 Å². The molecule has 4 nitrogen and oxygen atoms in total. The molecule has 2 aromatic carbocycles. The topological polar surface area (TPSA) is 55.4 Å². The predicted molar refractivity (Wildman–Crippen MR) is 84.5 cm³/mol. The maximum Gasteiger partial charge on any atom is 0.179 e. The molecular weight excluding hydrogens is 324 g/mol. The first-order valence-corrected chi connectivity index (χ1v) is 8.71. The number of halogens is 2. The van der Waals surface area contributed by atoms with E-state index in [2.05, 4.69) is 5.32 Å². The van der Waals surface area contributed by atoms with Crippen LogP contribution < -0.4 is 10.1 Å². The molecule has 1 N–H and O–H groups in total. The Kier molecular flexibility index (Phi) is 4.89. The Bertz CT molecular complexity index is 822. The third-order valence-corrected chi connectivity index (χ3v) is 4.53. The van der Waals surface area contributed by atoms with E-state index in [1.54, 1.807) is 12.1 Å². The summed E-state index contributed by atoms with van der Waals surface area (Å²) in [6.07, 6.45) is 1.10. The zero-order valence-corrected chi connectivity index (χ0v) is 13.7. The number of sulfone groups is 1. The molecule has 0 aliphatic rings. The third-order valence-electron chi connectivity index (χ3n) is 3.39. The molecule has 23 heavy (non-hydrogen) atoms. The normalized spacial score (nSPS) is 12.7. The molecule has 0 aliphatic heterocycles. The lowest BCUT2D eigenvalue weighted by molar-refractivity contribution is 0.402. The van der Waals surface area contributed by atoms with Gasteiger partial charge in [0.05, 0.1) is 7.11 Å². The van der Waals surface area contributed by atoms with Gasteiger partial charge < -0.3 is 10.1 Å². The van der Waals surface area contributed by atoms with Crippen molar-refractivity contribution < 1.29 is 21.9 Å². The second kappa shape index (κ2) is 6.54. The molecule has 0 aromatic heterocycles. The van der Waals surface area contributed by atoms with Crippen LogP contribution in [0.1, 0.15) is 18.5 Å². The molecule has 0 bridgehead atoms. The monoisotopic (exact) mass is 341 g/mol. The second-order valence-electron chi connectivity index (χ2n) is 5.18. The van der Waals surface area contributed by atoms with Gasteiger partial charge in [0.15, 0.2) is 21.5 Å². The van der Waals surface area contributed by atoms with Crippen molar-refractivity contribution in [1.29, 1.82) is 0 Å². The van der Waals surface area contributed by atoms with E-state index in [1.165, 1.54) is 19.2 Å². The average Bonchev–Trinajstić information content (AvgIpc) is 2.49. The number of benzene rings is 2. The molecule has 2 rings (SSSR count). The first-order chi connectivity index (χ1) is 10.7. The van der Waals surface area contributed by atoms with Crippen LogP contribution in [0.5, 0.6) is 5.75 Å². The molecule has 0 amide bonds. The highest BCUT2D eigenvalue weighted by atomic mass is 32.2. The molecule has 0 aliphatic carbocycles. The Morgan fingerprint density at radius 3 is 2.35 bits per heavy atom. The van der Waals surface area contributed by atoms with Gasteiger partial charge in [0.25, 0.3) is 0 Å². The SMILES string of the molecule is COc1cc([C@H](C)Nc2ccc(F)c(F)c2)ccc1S(C)(=O)=O. The molecule has 2 aromatic rings. The molecule has 0 radical (unpaired) electrons. The van der Waals surface area contributed by atoms with E-state index in [0.29, 0.717) is 5.69 Å². The molecule has 0 heterocycles. The lowest BCUT2D eigenvalue weighted by Gasteiger charge is -2.17. The van der Waals surface area contributed by atoms with Crippen molar-refractivity contribution in [1.82, 2.24) is 0 Å². The summed E-state index contributed by atoms with van der Waals surface area (Å²) in [7, 11) is -2.00. The zero-order valence-electron chi connectivity index (χ0n) is 12.9. The summed E-state index contributed by atoms with van der Waals surface area (Å²) in [6, 6.07) is 7.99. The minimum atomic E-state index is -3.39. The van der Waals surface area contributed by atoms with Crippen LogP contribution in [0.3, 0.4) is 0 Å². The first kappa shape index (κ1) is 17.2. The van der Waals surface area contributed by atoms with Crippen LogP contribution in [0.15, 0.2) is 41.3 Å². The summed E-state index contributed by atoms with van der Waals surface area (Å²) in [4.78, 5) is 0.101. The number of methoxy groups -OCH3 is 1. The zero-order chi connectivity index (χ0) is 17.2. The number of rotatable bonds is 5. The van der Waals surface area contributed by atoms with Gasteiger partial charge in [0, 0.05) is 24.1 Å². The van der Waals surface area contributed by atoms with Gasteiger partial charge in [0.2, 0.25) is 0 Å². The number of anilines is 1. The largest absolute Gasteiger partial charge is 0.495 e. The van der Waals surface area contributed by atoms with Crippen molar-refractivity contribution in [2.24, 2.45) is 0 Å². The van der Waals surface area contributed by atoms with Crippen LogP contribution in [0.2, 0.25) is 0 Å². The lowest BCUT2D eigenvalue weighted by atomic mass is 10.1. The molecule has 0 fully saturated rings. The van der Waals surface area contributed by atoms with Crippen LogP contribution in [0, 0.1) is 11.6 Å². The Hall–Kier alpha value is -2.15. The van der Waals surface area contributed by atoms with Gasteiger partial charge in [-0.1, -0.05) is 6.07 Å². The quantitative estimate of drug-likeness (QED) is 0.904. The van der Waals surface area contributed by atoms with E-state index in [1.807, 2.05) is 6.92 Å². The van der Waals surface area contributed by atoms with Gasteiger partial charge in [-0.25, -0.2) is 17.2 Å². The van der Waals surface area contributed by atoms with Crippen LogP contribution in [0.25, 0.3) is 0 Å². The maximum absolute atomic E-state index is 13.2. The summed E-state index contributed by atoms with van der Waals surface area (Å²) >= 11 is 0. The Morgan fingerprint density at radius 2 is 1.78 bits per heavy atom. The van der Waals surface area contributed by atoms with E-state index in [0.717, 1.165) is 24.0 Å². The fourth-order valence-electron chi connectivity index (χ4n) is 2.18. The van der Waals surface area contributed by atoms with Gasteiger partial charge in [-0.3, -0.25) is 0 Å². The van der Waals surface area contributed by atoms with Crippen molar-refractivity contribution in [2.45, 2.75) is 17.9 Å². The summed E-state index contributed by atoms with van der Waals surface area (Å²) < 4.78 is 54.7. The Morgan fingerprint density at radius 1 is 1.09 bits per heavy atom. The summed E-state index contributed by atoms with van der Waals surface area (Å²) in [5.74, 6) is -1.61. The van der Waals surface area contributed by atoms with Crippen molar-refractivity contribution in [3.63, 3.8) is 0 Å². The number of ether oxygens (including phenoxy) is 1. The van der Waals surface area contributed by atoms with Crippen molar-refractivity contribution in [3.05, 3.63) is 53.6 Å². The highest BCUT2D eigenvalue weighted by molar-refractivity contribution is 7.90. The smallest absolute Gasteiger partial charge is 0.179 e. The highest BCUT2D eigenvalue weighted by Gasteiger charge is 2.16. The maximum atomic E-state index is 13.2. The minimum absolute atomic E-state index is 0.101. The third kappa shape index (κ3) is 3.98. The molecule has 0 unspecified atom stereocenters. The highest BCUT2D eigenvalue weighted by Crippen LogP contribution is 2.29. The molecule has 124 valence electrons. The second-order valence-corrected chi connectivity index (χ2v) is 7.16. The fraction of sp³-hybridized carbons (Fsp3) is 0.250. The van der Waals surface area contributed by atoms with Gasteiger partial charge in [-0.15, -0.1) is 0 Å². The summed E-state index contributed by atoms with van der Waals surface area (Å²) in [5, 5.41) is 3.02. The van der Waals surface area contributed by atoms with Crippen LogP contribution >= 0.6 is 0 Å². The molecular formula is C16H17F2NO3S. The number of nitrogens with one attached hydrogen (secondary N) is 1. The fourth-order valence-corrected chi connectivity index (χ4v) is 3.00. The van der Waals surface area contributed by atoms with E-state index in [-0.39, 0.29) is 16.7 Å². The Balaban J connectivity index is 2.29.